The van der Waals surface area contributed by atoms with Crippen LogP contribution >= 0.6 is 11.6 Å². The Kier molecular flexibility index (Phi) is 4.70. The first-order valence-electron chi connectivity index (χ1n) is 6.89. The van der Waals surface area contributed by atoms with Crippen LogP contribution in [-0.2, 0) is 0 Å². The van der Waals surface area contributed by atoms with Gasteiger partial charge in [-0.3, -0.25) is 4.79 Å². The molecule has 0 saturated heterocycles. The van der Waals surface area contributed by atoms with Crippen LogP contribution in [0.2, 0.25) is 5.02 Å². The molecule has 0 bridgehead atoms. The second-order valence-corrected chi connectivity index (χ2v) is 5.98. The molecule has 1 fully saturated rings. The molecule has 1 aliphatic rings. The third-order valence-corrected chi connectivity index (χ3v) is 4.28. The average Bonchev–Trinajstić information content (AvgIpc) is 2.41. The van der Waals surface area contributed by atoms with Gasteiger partial charge in [-0.2, -0.15) is 0 Å². The van der Waals surface area contributed by atoms with Gasteiger partial charge in [-0.05, 0) is 42.9 Å². The predicted octanol–water partition coefficient (Wildman–Crippen LogP) is 3.48. The molecule has 19 heavy (non-hydrogen) atoms. The zero-order valence-electron chi connectivity index (χ0n) is 11.3. The van der Waals surface area contributed by atoms with Gasteiger partial charge in [0, 0.05) is 12.1 Å². The molecule has 1 aliphatic carbocycles. The van der Waals surface area contributed by atoms with Crippen molar-refractivity contribution in [2.75, 3.05) is 12.3 Å². The molecule has 0 atom stereocenters. The van der Waals surface area contributed by atoms with Crippen molar-refractivity contribution in [1.82, 2.24) is 5.32 Å². The molecule has 104 valence electrons. The number of halogens is 1. The van der Waals surface area contributed by atoms with Crippen molar-refractivity contribution in [3.63, 3.8) is 0 Å². The smallest absolute Gasteiger partial charge is 0.251 e. The monoisotopic (exact) mass is 280 g/mol. The molecule has 3 nitrogen and oxygen atoms in total. The maximum Gasteiger partial charge on any atom is 0.251 e. The van der Waals surface area contributed by atoms with Crippen molar-refractivity contribution in [1.29, 1.82) is 0 Å². The molecule has 1 saturated carbocycles. The molecule has 0 aliphatic heterocycles. The van der Waals surface area contributed by atoms with Gasteiger partial charge in [0.1, 0.15) is 0 Å². The molecule has 0 unspecified atom stereocenters. The summed E-state index contributed by atoms with van der Waals surface area (Å²) in [4.78, 5) is 12.0. The first-order valence-corrected chi connectivity index (χ1v) is 7.27. The van der Waals surface area contributed by atoms with Crippen molar-refractivity contribution in [2.24, 2.45) is 11.8 Å². The number of anilines is 1. The molecule has 3 N–H and O–H groups in total. The summed E-state index contributed by atoms with van der Waals surface area (Å²) in [6.07, 6.45) is 4.97. The van der Waals surface area contributed by atoms with Gasteiger partial charge >= 0.3 is 0 Å². The average molecular weight is 281 g/mol. The Morgan fingerprint density at radius 2 is 2.05 bits per heavy atom. The number of rotatable bonds is 3. The standard InChI is InChI=1S/C15H21ClN2O/c1-10-2-4-11(5-3-10)9-18-15(19)12-6-7-14(17)13(16)8-12/h6-8,10-11H,2-5,9,17H2,1H3,(H,18,19). The number of nitrogen functional groups attached to an aromatic ring is 1. The van der Waals surface area contributed by atoms with E-state index < -0.39 is 0 Å². The maximum atomic E-state index is 12.0. The summed E-state index contributed by atoms with van der Waals surface area (Å²) in [6, 6.07) is 4.99. The van der Waals surface area contributed by atoms with Crippen LogP contribution in [-0.4, -0.2) is 12.5 Å². The van der Waals surface area contributed by atoms with E-state index in [-0.39, 0.29) is 5.91 Å². The van der Waals surface area contributed by atoms with E-state index in [1.807, 2.05) is 0 Å². The third-order valence-electron chi connectivity index (χ3n) is 3.95. The summed E-state index contributed by atoms with van der Waals surface area (Å²) >= 11 is 5.92. The van der Waals surface area contributed by atoms with Gasteiger partial charge in [-0.15, -0.1) is 0 Å². The van der Waals surface area contributed by atoms with E-state index in [0.717, 1.165) is 12.5 Å². The van der Waals surface area contributed by atoms with E-state index >= 15 is 0 Å². The first kappa shape index (κ1) is 14.2. The summed E-state index contributed by atoms with van der Waals surface area (Å²) in [7, 11) is 0. The number of nitrogens with two attached hydrogens (primary N) is 1. The molecule has 0 radical (unpaired) electrons. The van der Waals surface area contributed by atoms with Crippen LogP contribution in [0, 0.1) is 11.8 Å². The second-order valence-electron chi connectivity index (χ2n) is 5.57. The van der Waals surface area contributed by atoms with E-state index in [0.29, 0.717) is 22.2 Å². The van der Waals surface area contributed by atoms with Crippen LogP contribution < -0.4 is 11.1 Å². The minimum absolute atomic E-state index is 0.0690. The Labute approximate surface area is 119 Å². The molecule has 1 aromatic carbocycles. The maximum absolute atomic E-state index is 12.0. The van der Waals surface area contributed by atoms with E-state index in [1.165, 1.54) is 25.7 Å². The zero-order chi connectivity index (χ0) is 13.8. The van der Waals surface area contributed by atoms with Gasteiger partial charge < -0.3 is 11.1 Å². The number of hydrogen-bond acceptors (Lipinski definition) is 2. The van der Waals surface area contributed by atoms with E-state index in [4.69, 9.17) is 17.3 Å². The predicted molar refractivity (Wildman–Crippen MR) is 79.3 cm³/mol. The Bertz CT molecular complexity index is 453. The van der Waals surface area contributed by atoms with Crippen molar-refractivity contribution in [3.8, 4) is 0 Å². The number of hydrogen-bond donors (Lipinski definition) is 2. The van der Waals surface area contributed by atoms with Gasteiger partial charge in [-0.25, -0.2) is 0 Å². The topological polar surface area (TPSA) is 55.1 Å². The Hall–Kier alpha value is -1.22. The number of carbonyl (C=O) groups is 1. The summed E-state index contributed by atoms with van der Waals surface area (Å²) in [5, 5.41) is 3.42. The number of carbonyl (C=O) groups excluding carboxylic acids is 1. The molecule has 1 aromatic rings. The van der Waals surface area contributed by atoms with E-state index in [2.05, 4.69) is 12.2 Å². The highest BCUT2D eigenvalue weighted by Crippen LogP contribution is 2.27. The van der Waals surface area contributed by atoms with Crippen LogP contribution in [0.5, 0.6) is 0 Å². The Morgan fingerprint density at radius 3 is 2.68 bits per heavy atom. The van der Waals surface area contributed by atoms with Gasteiger partial charge in [0.05, 0.1) is 10.7 Å². The van der Waals surface area contributed by atoms with Crippen molar-refractivity contribution >= 4 is 23.2 Å². The van der Waals surface area contributed by atoms with Gasteiger partial charge in [0.15, 0.2) is 0 Å². The lowest BCUT2D eigenvalue weighted by atomic mass is 9.83. The Morgan fingerprint density at radius 1 is 1.37 bits per heavy atom. The van der Waals surface area contributed by atoms with Crippen molar-refractivity contribution in [2.45, 2.75) is 32.6 Å². The second kappa shape index (κ2) is 6.29. The summed E-state index contributed by atoms with van der Waals surface area (Å²) < 4.78 is 0. The SMILES string of the molecule is CC1CCC(CNC(=O)c2ccc(N)c(Cl)c2)CC1. The molecular weight excluding hydrogens is 260 g/mol. The van der Waals surface area contributed by atoms with Crippen LogP contribution in [0.25, 0.3) is 0 Å². The first-order chi connectivity index (χ1) is 9.06. The summed E-state index contributed by atoms with van der Waals surface area (Å²) in [5.74, 6) is 1.38. The van der Waals surface area contributed by atoms with Crippen LogP contribution in [0.3, 0.4) is 0 Å². The summed E-state index contributed by atoms with van der Waals surface area (Å²) in [5.41, 5.74) is 6.70. The molecule has 2 rings (SSSR count). The Balaban J connectivity index is 1.85. The molecule has 0 aromatic heterocycles. The van der Waals surface area contributed by atoms with Gasteiger partial charge in [-0.1, -0.05) is 31.4 Å². The fourth-order valence-electron chi connectivity index (χ4n) is 2.54. The van der Waals surface area contributed by atoms with Crippen molar-refractivity contribution in [3.05, 3.63) is 28.8 Å². The molecular formula is C15H21ClN2O. The zero-order valence-corrected chi connectivity index (χ0v) is 12.0. The lowest BCUT2D eigenvalue weighted by Gasteiger charge is -2.26. The van der Waals surface area contributed by atoms with Crippen LogP contribution in [0.4, 0.5) is 5.69 Å². The highest BCUT2D eigenvalue weighted by Gasteiger charge is 2.19. The molecule has 1 amide bonds. The van der Waals surface area contributed by atoms with Crippen LogP contribution in [0.15, 0.2) is 18.2 Å². The summed E-state index contributed by atoms with van der Waals surface area (Å²) in [6.45, 7) is 3.05. The van der Waals surface area contributed by atoms with E-state index in [9.17, 15) is 4.79 Å². The third kappa shape index (κ3) is 3.87. The number of nitrogens with one attached hydrogen (secondary N) is 1. The van der Waals surface area contributed by atoms with Crippen molar-refractivity contribution < 1.29 is 4.79 Å². The van der Waals surface area contributed by atoms with Gasteiger partial charge in [0.25, 0.3) is 5.91 Å². The molecule has 4 heteroatoms. The number of benzene rings is 1. The largest absolute Gasteiger partial charge is 0.398 e. The molecule has 0 heterocycles. The highest BCUT2D eigenvalue weighted by atomic mass is 35.5. The van der Waals surface area contributed by atoms with E-state index in [1.54, 1.807) is 18.2 Å². The fourth-order valence-corrected chi connectivity index (χ4v) is 2.72. The normalized spacial score (nSPS) is 23.1. The van der Waals surface area contributed by atoms with Gasteiger partial charge in [0.2, 0.25) is 0 Å². The number of amides is 1. The minimum Gasteiger partial charge on any atom is -0.398 e. The highest BCUT2D eigenvalue weighted by molar-refractivity contribution is 6.33. The lowest BCUT2D eigenvalue weighted by Crippen LogP contribution is -2.31. The fraction of sp³-hybridized carbons (Fsp3) is 0.533. The lowest BCUT2D eigenvalue weighted by molar-refractivity contribution is 0.0942. The minimum atomic E-state index is -0.0690. The quantitative estimate of drug-likeness (QED) is 0.833. The van der Waals surface area contributed by atoms with Crippen LogP contribution in [0.1, 0.15) is 43.0 Å². The molecule has 0 spiro atoms.